The zero-order valence-corrected chi connectivity index (χ0v) is 10.6. The van der Waals surface area contributed by atoms with Crippen molar-refractivity contribution in [1.82, 2.24) is 5.32 Å². The summed E-state index contributed by atoms with van der Waals surface area (Å²) in [7, 11) is 0. The summed E-state index contributed by atoms with van der Waals surface area (Å²) in [5.74, 6) is 0. The van der Waals surface area contributed by atoms with Gasteiger partial charge in [-0.25, -0.2) is 0 Å². The van der Waals surface area contributed by atoms with Crippen molar-refractivity contribution in [3.63, 3.8) is 0 Å². The van der Waals surface area contributed by atoms with Gasteiger partial charge < -0.3 is 5.32 Å². The Hall–Kier alpha value is -1.23. The number of hydrogen-bond donors (Lipinski definition) is 2. The van der Waals surface area contributed by atoms with Gasteiger partial charge in [-0.15, -0.1) is 0 Å². The third kappa shape index (κ3) is 2.31. The molecule has 1 heterocycles. The van der Waals surface area contributed by atoms with Crippen LogP contribution in [0.15, 0.2) is 18.2 Å². The highest BCUT2D eigenvalue weighted by Crippen LogP contribution is 2.49. The van der Waals surface area contributed by atoms with E-state index in [1.165, 1.54) is 5.56 Å². The normalized spacial score (nSPS) is 20.6. The number of halogens is 3. The third-order valence-corrected chi connectivity index (χ3v) is 4.07. The van der Waals surface area contributed by atoms with Crippen LogP contribution >= 0.6 is 0 Å². The molecule has 3 rings (SSSR count). The maximum atomic E-state index is 12.9. The lowest BCUT2D eigenvalue weighted by Gasteiger charge is -2.24. The van der Waals surface area contributed by atoms with E-state index in [-0.39, 0.29) is 19.4 Å². The summed E-state index contributed by atoms with van der Waals surface area (Å²) in [5.41, 5.74) is 1.54. The Balaban J connectivity index is 1.74. The van der Waals surface area contributed by atoms with Gasteiger partial charge in [0.2, 0.25) is 0 Å². The zero-order valence-electron chi connectivity index (χ0n) is 10.6. The molecule has 0 aromatic heterocycles. The minimum atomic E-state index is -4.14. The van der Waals surface area contributed by atoms with Gasteiger partial charge in [-0.2, -0.15) is 13.2 Å². The minimum Gasteiger partial charge on any atom is -0.385 e. The highest BCUT2D eigenvalue weighted by molar-refractivity contribution is 5.59. The standard InChI is InChI=1S/C14H17F3N2/c15-14(16,17)13(6-7-13)19-9-11-4-1-3-10-5-2-8-18-12(10)11/h1,3-4,18-19H,2,5-9H2. The summed E-state index contributed by atoms with van der Waals surface area (Å²) in [5, 5.41) is 6.02. The van der Waals surface area contributed by atoms with Crippen molar-refractivity contribution in [3.8, 4) is 0 Å². The van der Waals surface area contributed by atoms with Gasteiger partial charge in [0.1, 0.15) is 5.54 Å². The first-order valence-electron chi connectivity index (χ1n) is 6.68. The molecule has 0 bridgehead atoms. The molecule has 1 aromatic rings. The molecule has 19 heavy (non-hydrogen) atoms. The van der Waals surface area contributed by atoms with Gasteiger partial charge in [0.25, 0.3) is 0 Å². The Morgan fingerprint density at radius 2 is 2.05 bits per heavy atom. The second kappa shape index (κ2) is 4.40. The lowest BCUT2D eigenvalue weighted by molar-refractivity contribution is -0.166. The lowest BCUT2D eigenvalue weighted by Crippen LogP contribution is -2.44. The van der Waals surface area contributed by atoms with E-state index >= 15 is 0 Å². The van der Waals surface area contributed by atoms with Gasteiger partial charge >= 0.3 is 6.18 Å². The number of benzene rings is 1. The molecule has 1 saturated carbocycles. The molecule has 0 spiro atoms. The summed E-state index contributed by atoms with van der Waals surface area (Å²) < 4.78 is 38.6. The van der Waals surface area contributed by atoms with Crippen molar-refractivity contribution in [2.24, 2.45) is 0 Å². The number of alkyl halides is 3. The highest BCUT2D eigenvalue weighted by Gasteiger charge is 2.62. The van der Waals surface area contributed by atoms with Crippen LogP contribution in [0.25, 0.3) is 0 Å². The lowest BCUT2D eigenvalue weighted by atomic mass is 9.99. The van der Waals surface area contributed by atoms with E-state index in [1.807, 2.05) is 18.2 Å². The third-order valence-electron chi connectivity index (χ3n) is 4.07. The molecule has 2 nitrogen and oxygen atoms in total. The van der Waals surface area contributed by atoms with Crippen LogP contribution in [0.5, 0.6) is 0 Å². The molecule has 0 saturated heterocycles. The molecule has 2 aliphatic rings. The topological polar surface area (TPSA) is 24.1 Å². The number of rotatable bonds is 3. The summed E-state index contributed by atoms with van der Waals surface area (Å²) in [6.07, 6.45) is -1.68. The van der Waals surface area contributed by atoms with E-state index < -0.39 is 11.7 Å². The molecular weight excluding hydrogens is 253 g/mol. The van der Waals surface area contributed by atoms with Gasteiger partial charge in [0.05, 0.1) is 0 Å². The van der Waals surface area contributed by atoms with E-state index in [1.54, 1.807) is 0 Å². The molecule has 104 valence electrons. The van der Waals surface area contributed by atoms with Gasteiger partial charge in [-0.05, 0) is 36.8 Å². The van der Waals surface area contributed by atoms with E-state index in [0.717, 1.165) is 30.6 Å². The molecule has 1 aromatic carbocycles. The first-order valence-corrected chi connectivity index (χ1v) is 6.68. The molecule has 1 fully saturated rings. The highest BCUT2D eigenvalue weighted by atomic mass is 19.4. The molecule has 1 aliphatic heterocycles. The summed E-state index contributed by atoms with van der Waals surface area (Å²) in [6, 6.07) is 5.87. The number of para-hydroxylation sites is 1. The Morgan fingerprint density at radius 1 is 1.26 bits per heavy atom. The number of hydrogen-bond acceptors (Lipinski definition) is 2. The fourth-order valence-corrected chi connectivity index (χ4v) is 2.68. The van der Waals surface area contributed by atoms with Crippen molar-refractivity contribution in [2.45, 2.75) is 43.9 Å². The quantitative estimate of drug-likeness (QED) is 0.881. The van der Waals surface area contributed by atoms with Gasteiger partial charge in [0.15, 0.2) is 0 Å². The second-order valence-corrected chi connectivity index (χ2v) is 5.42. The molecule has 0 atom stereocenters. The van der Waals surface area contributed by atoms with Crippen molar-refractivity contribution in [2.75, 3.05) is 11.9 Å². The average Bonchev–Trinajstić information content (AvgIpc) is 3.17. The van der Waals surface area contributed by atoms with Crippen LogP contribution in [0.1, 0.15) is 30.4 Å². The Labute approximate surface area is 110 Å². The maximum Gasteiger partial charge on any atom is 0.406 e. The molecule has 2 N–H and O–H groups in total. The van der Waals surface area contributed by atoms with Crippen molar-refractivity contribution < 1.29 is 13.2 Å². The summed E-state index contributed by atoms with van der Waals surface area (Å²) in [4.78, 5) is 0. The molecule has 0 amide bonds. The number of nitrogens with one attached hydrogen (secondary N) is 2. The summed E-state index contributed by atoms with van der Waals surface area (Å²) in [6.45, 7) is 1.17. The van der Waals surface area contributed by atoms with E-state index in [9.17, 15) is 13.2 Å². The SMILES string of the molecule is FC(F)(F)C1(NCc2cccc3c2NCCC3)CC1. The van der Waals surface area contributed by atoms with Crippen molar-refractivity contribution >= 4 is 5.69 Å². The fraction of sp³-hybridized carbons (Fsp3) is 0.571. The number of anilines is 1. The Kier molecular flexibility index (Phi) is 2.96. The van der Waals surface area contributed by atoms with Gasteiger partial charge in [0, 0.05) is 18.8 Å². The van der Waals surface area contributed by atoms with Crippen LogP contribution in [0.4, 0.5) is 18.9 Å². The molecule has 5 heteroatoms. The fourth-order valence-electron chi connectivity index (χ4n) is 2.68. The maximum absolute atomic E-state index is 12.9. The van der Waals surface area contributed by atoms with Crippen molar-refractivity contribution in [1.29, 1.82) is 0 Å². The minimum absolute atomic E-state index is 0.193. The van der Waals surface area contributed by atoms with Crippen LogP contribution in [0, 0.1) is 0 Å². The second-order valence-electron chi connectivity index (χ2n) is 5.42. The van der Waals surface area contributed by atoms with E-state index in [0.29, 0.717) is 0 Å². The van der Waals surface area contributed by atoms with E-state index in [2.05, 4.69) is 10.6 Å². The predicted molar refractivity (Wildman–Crippen MR) is 68.1 cm³/mol. The van der Waals surface area contributed by atoms with Crippen LogP contribution in [-0.2, 0) is 13.0 Å². The Morgan fingerprint density at radius 3 is 2.74 bits per heavy atom. The molecular formula is C14H17F3N2. The first-order chi connectivity index (χ1) is 9.02. The first kappa shape index (κ1) is 12.8. The molecule has 0 radical (unpaired) electrons. The predicted octanol–water partition coefficient (Wildman–Crippen LogP) is 3.23. The smallest absolute Gasteiger partial charge is 0.385 e. The van der Waals surface area contributed by atoms with E-state index in [4.69, 9.17) is 0 Å². The van der Waals surface area contributed by atoms with Crippen LogP contribution in [0.3, 0.4) is 0 Å². The zero-order chi connectivity index (χ0) is 13.5. The summed E-state index contributed by atoms with van der Waals surface area (Å²) >= 11 is 0. The monoisotopic (exact) mass is 270 g/mol. The van der Waals surface area contributed by atoms with Crippen LogP contribution < -0.4 is 10.6 Å². The Bertz CT molecular complexity index is 478. The number of fused-ring (bicyclic) bond motifs is 1. The van der Waals surface area contributed by atoms with Gasteiger partial charge in [-0.3, -0.25) is 5.32 Å². The van der Waals surface area contributed by atoms with Crippen molar-refractivity contribution in [3.05, 3.63) is 29.3 Å². The largest absolute Gasteiger partial charge is 0.406 e. The van der Waals surface area contributed by atoms with Crippen LogP contribution in [0.2, 0.25) is 0 Å². The van der Waals surface area contributed by atoms with Gasteiger partial charge in [-0.1, -0.05) is 18.2 Å². The average molecular weight is 270 g/mol. The molecule has 1 aliphatic carbocycles. The molecule has 0 unspecified atom stereocenters. The number of aryl methyl sites for hydroxylation is 1. The van der Waals surface area contributed by atoms with Crippen LogP contribution in [-0.4, -0.2) is 18.3 Å².